The minimum absolute atomic E-state index is 0.715. The molecule has 6 heterocycles. The Morgan fingerprint density at radius 2 is 0.605 bits per heavy atom. The van der Waals surface area contributed by atoms with Crippen molar-refractivity contribution >= 4 is 107 Å². The highest BCUT2D eigenvalue weighted by Gasteiger charge is 2.15. The summed E-state index contributed by atoms with van der Waals surface area (Å²) in [6.07, 6.45) is 0. The highest BCUT2D eigenvalue weighted by atomic mass is 32.1. The average molecular weight is 1520 g/mol. The van der Waals surface area contributed by atoms with Gasteiger partial charge in [0.2, 0.25) is 0 Å². The quantitative estimate of drug-likeness (QED) is 0.157. The number of furan rings is 2. The van der Waals surface area contributed by atoms with Gasteiger partial charge in [-0.25, -0.2) is 24.9 Å². The van der Waals surface area contributed by atoms with Crippen molar-refractivity contribution < 1.29 is 8.83 Å². The van der Waals surface area contributed by atoms with Crippen LogP contribution in [0.15, 0.2) is 391 Å². The van der Waals surface area contributed by atoms with Crippen molar-refractivity contribution in [1.82, 2.24) is 24.9 Å². The Kier molecular flexibility index (Phi) is 25.3. The molecule has 0 atom stereocenters. The van der Waals surface area contributed by atoms with E-state index in [4.69, 9.17) is 13.8 Å². The molecule has 0 radical (unpaired) electrons. The van der Waals surface area contributed by atoms with Crippen LogP contribution in [0.2, 0.25) is 0 Å². The van der Waals surface area contributed by atoms with Crippen LogP contribution in [0.1, 0.15) is 50.3 Å². The molecule has 0 spiro atoms. The minimum Gasteiger partial charge on any atom is -0.456 e. The van der Waals surface area contributed by atoms with E-state index < -0.39 is 0 Å². The Morgan fingerprint density at radius 1 is 0.228 bits per heavy atom. The maximum Gasteiger partial charge on any atom is 0.163 e. The van der Waals surface area contributed by atoms with E-state index in [2.05, 4.69) is 283 Å². The van der Waals surface area contributed by atoms with E-state index in [1.807, 2.05) is 198 Å². The van der Waals surface area contributed by atoms with Crippen LogP contribution in [0, 0.1) is 27.7 Å². The van der Waals surface area contributed by atoms with E-state index in [9.17, 15) is 0 Å². The molecule has 0 amide bonds. The third-order valence-corrected chi connectivity index (χ3v) is 21.4. The Labute approximate surface area is 674 Å². The third kappa shape index (κ3) is 18.2. The van der Waals surface area contributed by atoms with Crippen molar-refractivity contribution in [3.8, 4) is 78.8 Å². The fourth-order valence-corrected chi connectivity index (χ4v) is 16.1. The molecule has 7 nitrogen and oxygen atoms in total. The van der Waals surface area contributed by atoms with Gasteiger partial charge in [-0.15, -0.1) is 22.7 Å². The van der Waals surface area contributed by atoms with Crippen LogP contribution < -0.4 is 0 Å². The zero-order valence-corrected chi connectivity index (χ0v) is 66.9. The van der Waals surface area contributed by atoms with E-state index in [-0.39, 0.29) is 0 Å². The summed E-state index contributed by atoms with van der Waals surface area (Å²) < 4.78 is 17.3. The molecule has 0 aliphatic carbocycles. The molecule has 21 rings (SSSR count). The predicted molar refractivity (Wildman–Crippen MR) is 488 cm³/mol. The lowest BCUT2D eigenvalue weighted by atomic mass is 10.0. The molecule has 0 aliphatic rings. The molecule has 15 aromatic carbocycles. The number of aromatic nitrogens is 5. The fraction of sp³-hybridized carbons (Fsp3) is 0.0762. The smallest absolute Gasteiger partial charge is 0.163 e. The summed E-state index contributed by atoms with van der Waals surface area (Å²) in [4.78, 5) is 22.8. The Hall–Kier alpha value is -13.6. The molecule has 556 valence electrons. The van der Waals surface area contributed by atoms with Gasteiger partial charge in [-0.1, -0.05) is 367 Å². The number of rotatable bonds is 7. The summed E-state index contributed by atoms with van der Waals surface area (Å²) in [6, 6.07) is 131. The molecule has 114 heavy (non-hydrogen) atoms. The minimum atomic E-state index is 0.715. The van der Waals surface area contributed by atoms with Gasteiger partial charge in [0, 0.05) is 95.4 Å². The highest BCUT2D eigenvalue weighted by molar-refractivity contribution is 7.26. The van der Waals surface area contributed by atoms with Crippen LogP contribution >= 0.6 is 22.7 Å². The Bertz CT molecular complexity index is 6260. The summed E-state index contributed by atoms with van der Waals surface area (Å²) >= 11 is 3.76. The van der Waals surface area contributed by atoms with Gasteiger partial charge < -0.3 is 8.83 Å². The summed E-state index contributed by atoms with van der Waals surface area (Å²) in [6.45, 7) is 16.1. The average Bonchev–Trinajstić information content (AvgIpc) is 1.62. The zero-order valence-electron chi connectivity index (χ0n) is 65.2. The molecule has 9 heteroatoms. The van der Waals surface area contributed by atoms with Crippen molar-refractivity contribution in [2.45, 2.75) is 55.4 Å². The molecule has 0 fully saturated rings. The molecular formula is C105H87N5O2S2. The standard InChI is InChI=1S/C23H18N2.C19H14O.C19H14S.C16H13N3.C12H8O.C12H8S.2C2H6/c1-17-16-22(20-10-6-3-7-11-20)25-23(24-17)21-14-12-19(13-15-21)18-8-4-2-5-9-18;2*1-13-10-11-16-17-9-5-8-15(14-6-3-2-4-7-14)19(17)20-18(16)12-13;1-12-17-15(13-8-4-2-5-9-13)19-16(18-12)14-10-6-3-7-11-14;2*1-3-7-11-9(5-1)10-6-2-4-8-12(10)13-11;2*1-2/h2-16H,1H3;2*2-12H,1H3;2-11H,1H3;2*1-8H;2*1-2H3. The zero-order chi connectivity index (χ0) is 78.5. The maximum atomic E-state index is 6.12. The van der Waals surface area contributed by atoms with E-state index in [1.165, 1.54) is 101 Å². The molecule has 0 N–H and O–H groups in total. The fourth-order valence-electron chi connectivity index (χ4n) is 13.7. The highest BCUT2D eigenvalue weighted by Crippen LogP contribution is 2.41. The second-order valence-electron chi connectivity index (χ2n) is 26.8. The first-order valence-corrected chi connectivity index (χ1v) is 40.4. The first-order valence-electron chi connectivity index (χ1n) is 38.8. The Balaban J connectivity index is 0.000000113. The van der Waals surface area contributed by atoms with E-state index in [0.29, 0.717) is 11.6 Å². The van der Waals surface area contributed by atoms with Gasteiger partial charge in [0.05, 0.1) is 5.69 Å². The van der Waals surface area contributed by atoms with Crippen LogP contribution in [0.4, 0.5) is 0 Å². The first-order chi connectivity index (χ1) is 56.2. The number of nitrogens with zero attached hydrogens (tertiary/aromatic N) is 5. The number of hydrogen-bond acceptors (Lipinski definition) is 9. The molecule has 0 aliphatic heterocycles. The van der Waals surface area contributed by atoms with E-state index in [0.717, 1.165) is 73.2 Å². The number of hydrogen-bond donors (Lipinski definition) is 0. The summed E-state index contributed by atoms with van der Waals surface area (Å²) in [5, 5.41) is 10.2. The third-order valence-electron chi connectivity index (χ3n) is 19.0. The molecule has 0 saturated heterocycles. The normalized spacial score (nSPS) is 10.6. The van der Waals surface area contributed by atoms with Crippen molar-refractivity contribution in [2.24, 2.45) is 0 Å². The van der Waals surface area contributed by atoms with Gasteiger partial charge in [-0.05, 0) is 109 Å². The SMILES string of the molecule is CC.CC.Cc1cc(-c2ccccc2)nc(-c2ccc(-c3ccccc3)cc2)n1.Cc1ccc2c(c1)oc1c(-c3ccccc3)cccc12.Cc1ccc2c(c1)sc1c(-c3ccccc3)cccc12.Cc1nc(-c2ccccc2)nc(-c2ccccc2)n1.c1ccc2c(c1)oc1ccccc12.c1ccc2c(c1)sc1ccccc12. The van der Waals surface area contributed by atoms with Crippen molar-refractivity contribution in [3.63, 3.8) is 0 Å². The lowest BCUT2D eigenvalue weighted by Crippen LogP contribution is -1.99. The van der Waals surface area contributed by atoms with Gasteiger partial charge in [0.1, 0.15) is 28.2 Å². The summed E-state index contributed by atoms with van der Waals surface area (Å²) in [5.41, 5.74) is 19.8. The lowest BCUT2D eigenvalue weighted by Gasteiger charge is -2.08. The topological polar surface area (TPSA) is 90.7 Å². The first kappa shape index (κ1) is 77.2. The number of aryl methyl sites for hydroxylation is 4. The van der Waals surface area contributed by atoms with Crippen molar-refractivity contribution in [3.05, 3.63) is 405 Å². The molecule has 21 aromatic rings. The van der Waals surface area contributed by atoms with E-state index >= 15 is 0 Å². The monoisotopic (exact) mass is 1510 g/mol. The van der Waals surface area contributed by atoms with Crippen molar-refractivity contribution in [1.29, 1.82) is 0 Å². The second-order valence-corrected chi connectivity index (χ2v) is 28.9. The summed E-state index contributed by atoms with van der Waals surface area (Å²) in [5.74, 6) is 2.92. The van der Waals surface area contributed by atoms with Gasteiger partial charge >= 0.3 is 0 Å². The second kappa shape index (κ2) is 37.4. The predicted octanol–water partition coefficient (Wildman–Crippen LogP) is 30.6. The van der Waals surface area contributed by atoms with Crippen LogP contribution in [-0.2, 0) is 0 Å². The maximum absolute atomic E-state index is 6.12. The van der Waals surface area contributed by atoms with Gasteiger partial charge in [-0.3, -0.25) is 0 Å². The summed E-state index contributed by atoms with van der Waals surface area (Å²) in [7, 11) is 0. The van der Waals surface area contributed by atoms with E-state index in [1.54, 1.807) is 0 Å². The van der Waals surface area contributed by atoms with Gasteiger partial charge in [-0.2, -0.15) is 0 Å². The van der Waals surface area contributed by atoms with Gasteiger partial charge in [0.15, 0.2) is 17.5 Å². The molecule has 0 unspecified atom stereocenters. The number of thiophene rings is 2. The van der Waals surface area contributed by atoms with Crippen LogP contribution in [0.5, 0.6) is 0 Å². The number of fused-ring (bicyclic) bond motifs is 12. The van der Waals surface area contributed by atoms with Crippen molar-refractivity contribution in [2.75, 3.05) is 0 Å². The van der Waals surface area contributed by atoms with Gasteiger partial charge in [0.25, 0.3) is 0 Å². The molecule has 0 bridgehead atoms. The number of benzene rings is 15. The molecule has 6 aromatic heterocycles. The lowest BCUT2D eigenvalue weighted by molar-refractivity contribution is 0.669. The van der Waals surface area contributed by atoms with Crippen LogP contribution in [0.25, 0.3) is 163 Å². The molecular weight excluding hydrogens is 1430 g/mol. The largest absolute Gasteiger partial charge is 0.456 e. The molecule has 0 saturated carbocycles. The van der Waals surface area contributed by atoms with Crippen LogP contribution in [-0.4, -0.2) is 24.9 Å². The number of para-hydroxylation sites is 3. The Morgan fingerprint density at radius 3 is 1.15 bits per heavy atom. The van der Waals surface area contributed by atoms with Crippen LogP contribution in [0.3, 0.4) is 0 Å².